The smallest absolute Gasteiger partial charge is 0.328 e. The van der Waals surface area contributed by atoms with Crippen LogP contribution in [0.3, 0.4) is 0 Å². The topological polar surface area (TPSA) is 71.4 Å². The number of ether oxygens (including phenoxy) is 1. The number of benzene rings is 1. The van der Waals surface area contributed by atoms with E-state index in [1.54, 1.807) is 30.4 Å². The van der Waals surface area contributed by atoms with Gasteiger partial charge in [0, 0.05) is 12.1 Å². The van der Waals surface area contributed by atoms with E-state index in [1.165, 1.54) is 7.11 Å². The Bertz CT molecular complexity index is 896. The van der Waals surface area contributed by atoms with Crippen LogP contribution >= 0.6 is 23.2 Å². The molecule has 6 nitrogen and oxygen atoms in total. The molecular formula is C21H22Cl2N2O4. The van der Waals surface area contributed by atoms with Crippen molar-refractivity contribution in [3.63, 3.8) is 0 Å². The number of hydrogen-bond donors (Lipinski definition) is 1. The standard InChI is InChI=1S/C21H22Cl2N2O4/c1-3-9-21(27)11-15(25-10-5-8-14(25)20(26)28-2)19-17(21)18(24-29-19)16-12(22)6-4-7-13(16)23/h3-4,6-7,11,14,17,19,27H,1,5,8-10H2,2H3/t14-,17+,19+,21-/m0/s1. The molecule has 8 heteroatoms. The molecule has 1 aromatic rings. The van der Waals surface area contributed by atoms with Crippen LogP contribution in [0.25, 0.3) is 0 Å². The first kappa shape index (κ1) is 20.3. The van der Waals surface area contributed by atoms with Crippen molar-refractivity contribution >= 4 is 34.9 Å². The van der Waals surface area contributed by atoms with Crippen LogP contribution in [-0.4, -0.2) is 53.1 Å². The molecule has 1 aromatic carbocycles. The van der Waals surface area contributed by atoms with Gasteiger partial charge in [0.15, 0.2) is 6.10 Å². The maximum Gasteiger partial charge on any atom is 0.328 e. The third kappa shape index (κ3) is 3.23. The molecule has 3 aliphatic rings. The van der Waals surface area contributed by atoms with Gasteiger partial charge in [0.1, 0.15) is 17.4 Å². The molecule has 154 valence electrons. The summed E-state index contributed by atoms with van der Waals surface area (Å²) in [5.74, 6) is -0.820. The summed E-state index contributed by atoms with van der Waals surface area (Å²) in [5, 5.41) is 16.7. The van der Waals surface area contributed by atoms with Gasteiger partial charge in [-0.1, -0.05) is 40.5 Å². The van der Waals surface area contributed by atoms with E-state index >= 15 is 0 Å². The summed E-state index contributed by atoms with van der Waals surface area (Å²) in [6, 6.07) is 4.79. The van der Waals surface area contributed by atoms with Crippen LogP contribution in [0, 0.1) is 5.92 Å². The van der Waals surface area contributed by atoms with Gasteiger partial charge in [0.2, 0.25) is 0 Å². The number of aliphatic hydroxyl groups is 1. The van der Waals surface area contributed by atoms with Crippen LogP contribution < -0.4 is 0 Å². The molecule has 0 spiro atoms. The maximum absolute atomic E-state index is 12.3. The highest BCUT2D eigenvalue weighted by atomic mass is 35.5. The van der Waals surface area contributed by atoms with Gasteiger partial charge in [-0.25, -0.2) is 4.79 Å². The molecule has 0 saturated carbocycles. The molecule has 2 heterocycles. The van der Waals surface area contributed by atoms with E-state index in [1.807, 2.05) is 4.90 Å². The Balaban J connectivity index is 1.74. The zero-order valence-electron chi connectivity index (χ0n) is 16.0. The molecule has 1 saturated heterocycles. The lowest BCUT2D eigenvalue weighted by Gasteiger charge is -2.29. The Hall–Kier alpha value is -2.02. The van der Waals surface area contributed by atoms with Crippen LogP contribution in [0.15, 0.2) is 47.8 Å². The van der Waals surface area contributed by atoms with Crippen LogP contribution in [-0.2, 0) is 14.4 Å². The third-order valence-electron chi connectivity index (χ3n) is 5.84. The third-order valence-corrected chi connectivity index (χ3v) is 6.47. The van der Waals surface area contributed by atoms with Crippen molar-refractivity contribution < 1.29 is 19.5 Å². The number of hydrogen-bond acceptors (Lipinski definition) is 6. The van der Waals surface area contributed by atoms with E-state index in [0.29, 0.717) is 40.7 Å². The van der Waals surface area contributed by atoms with Gasteiger partial charge >= 0.3 is 5.97 Å². The summed E-state index contributed by atoms with van der Waals surface area (Å²) in [5.41, 5.74) is 0.485. The number of oxime groups is 1. The minimum atomic E-state index is -1.29. The largest absolute Gasteiger partial charge is 0.467 e. The Kier molecular flexibility index (Phi) is 5.36. The number of halogens is 2. The van der Waals surface area contributed by atoms with E-state index in [4.69, 9.17) is 32.8 Å². The highest BCUT2D eigenvalue weighted by molar-refractivity contribution is 6.40. The molecule has 1 N–H and O–H groups in total. The fourth-order valence-electron chi connectivity index (χ4n) is 4.59. The van der Waals surface area contributed by atoms with Gasteiger partial charge in [-0.15, -0.1) is 6.58 Å². The van der Waals surface area contributed by atoms with Crippen molar-refractivity contribution in [2.24, 2.45) is 11.1 Å². The van der Waals surface area contributed by atoms with E-state index in [-0.39, 0.29) is 5.97 Å². The van der Waals surface area contributed by atoms with Crippen molar-refractivity contribution in [1.29, 1.82) is 0 Å². The number of likely N-dealkylation sites (tertiary alicyclic amines) is 1. The molecular weight excluding hydrogens is 415 g/mol. The second-order valence-corrected chi connectivity index (χ2v) is 8.32. The Morgan fingerprint density at radius 2 is 2.21 bits per heavy atom. The van der Waals surface area contributed by atoms with E-state index in [2.05, 4.69) is 11.7 Å². The number of carbonyl (C=O) groups is 1. The van der Waals surface area contributed by atoms with Crippen LogP contribution in [0.1, 0.15) is 24.8 Å². The number of fused-ring (bicyclic) bond motifs is 1. The minimum Gasteiger partial charge on any atom is -0.467 e. The molecule has 29 heavy (non-hydrogen) atoms. The highest BCUT2D eigenvalue weighted by Gasteiger charge is 2.57. The molecule has 1 aliphatic carbocycles. The van der Waals surface area contributed by atoms with Gasteiger partial charge in [-0.05, 0) is 37.5 Å². The SMILES string of the molecule is C=CC[C@]1(O)C=C(N2CCC[C@H]2C(=O)OC)[C@H]2ON=C(c3c(Cl)cccc3Cl)[C@H]21. The molecule has 1 fully saturated rings. The van der Waals surface area contributed by atoms with Gasteiger partial charge in [-0.3, -0.25) is 0 Å². The zero-order valence-corrected chi connectivity index (χ0v) is 17.5. The summed E-state index contributed by atoms with van der Waals surface area (Å²) in [4.78, 5) is 20.0. The van der Waals surface area contributed by atoms with Crippen LogP contribution in [0.2, 0.25) is 10.0 Å². The predicted octanol–water partition coefficient (Wildman–Crippen LogP) is 3.55. The monoisotopic (exact) mass is 436 g/mol. The molecule has 0 unspecified atom stereocenters. The lowest BCUT2D eigenvalue weighted by atomic mass is 9.80. The molecule has 0 amide bonds. The summed E-state index contributed by atoms with van der Waals surface area (Å²) < 4.78 is 4.97. The fraction of sp³-hybridized carbons (Fsp3) is 0.429. The summed E-state index contributed by atoms with van der Waals surface area (Å²) in [6.07, 6.45) is 4.70. The van der Waals surface area contributed by atoms with Crippen molar-refractivity contribution in [2.45, 2.75) is 37.0 Å². The van der Waals surface area contributed by atoms with Gasteiger partial charge in [-0.2, -0.15) is 0 Å². The number of methoxy groups -OCH3 is 1. The average molecular weight is 437 g/mol. The van der Waals surface area contributed by atoms with E-state index in [0.717, 1.165) is 12.1 Å². The van der Waals surface area contributed by atoms with Crippen molar-refractivity contribution in [1.82, 2.24) is 4.90 Å². The molecule has 4 rings (SSSR count). The maximum atomic E-state index is 12.3. The molecule has 2 aliphatic heterocycles. The second kappa shape index (κ2) is 7.67. The minimum absolute atomic E-state index is 0.291. The summed E-state index contributed by atoms with van der Waals surface area (Å²) in [7, 11) is 1.38. The van der Waals surface area contributed by atoms with Crippen molar-refractivity contribution in [2.75, 3.05) is 13.7 Å². The molecule has 0 aromatic heterocycles. The quantitative estimate of drug-likeness (QED) is 0.564. The highest BCUT2D eigenvalue weighted by Crippen LogP contribution is 2.48. The average Bonchev–Trinajstić information content (AvgIpc) is 3.38. The molecule has 0 bridgehead atoms. The number of nitrogens with zero attached hydrogens (tertiary/aromatic N) is 2. The van der Waals surface area contributed by atoms with Crippen LogP contribution in [0.5, 0.6) is 0 Å². The van der Waals surface area contributed by atoms with Gasteiger partial charge in [0.05, 0.1) is 28.8 Å². The summed E-state index contributed by atoms with van der Waals surface area (Å²) >= 11 is 12.8. The Labute approximate surface area is 179 Å². The predicted molar refractivity (Wildman–Crippen MR) is 111 cm³/mol. The lowest BCUT2D eigenvalue weighted by Crippen LogP contribution is -2.43. The first-order valence-corrected chi connectivity index (χ1v) is 10.3. The first-order valence-electron chi connectivity index (χ1n) is 9.50. The zero-order chi connectivity index (χ0) is 20.8. The number of carbonyl (C=O) groups excluding carboxylic acids is 1. The van der Waals surface area contributed by atoms with Gasteiger partial charge in [0.25, 0.3) is 0 Å². The normalized spacial score (nSPS) is 30.5. The Morgan fingerprint density at radius 3 is 2.86 bits per heavy atom. The fourth-order valence-corrected chi connectivity index (χ4v) is 5.18. The van der Waals surface area contributed by atoms with Crippen molar-refractivity contribution in [3.8, 4) is 0 Å². The second-order valence-electron chi connectivity index (χ2n) is 7.50. The molecule has 4 atom stereocenters. The number of esters is 1. The van der Waals surface area contributed by atoms with Gasteiger partial charge < -0.3 is 19.6 Å². The lowest BCUT2D eigenvalue weighted by molar-refractivity contribution is -0.145. The van der Waals surface area contributed by atoms with E-state index in [9.17, 15) is 9.90 Å². The first-order chi connectivity index (χ1) is 13.9. The summed E-state index contributed by atoms with van der Waals surface area (Å²) in [6.45, 7) is 4.46. The van der Waals surface area contributed by atoms with Crippen molar-refractivity contribution in [3.05, 3.63) is 58.2 Å². The number of rotatable bonds is 5. The van der Waals surface area contributed by atoms with Crippen LogP contribution in [0.4, 0.5) is 0 Å². The molecule has 0 radical (unpaired) electrons. The van der Waals surface area contributed by atoms with E-state index < -0.39 is 23.7 Å². The Morgan fingerprint density at radius 1 is 1.48 bits per heavy atom.